The van der Waals surface area contributed by atoms with E-state index < -0.39 is 48.3 Å². The maximum atomic E-state index is 13.0. The van der Waals surface area contributed by atoms with Gasteiger partial charge in [-0.05, 0) is 24.3 Å². The Labute approximate surface area is 150 Å². The highest BCUT2D eigenvalue weighted by Crippen LogP contribution is 2.48. The molecule has 1 saturated carbocycles. The zero-order valence-electron chi connectivity index (χ0n) is 13.8. The van der Waals surface area contributed by atoms with Crippen LogP contribution in [0.15, 0.2) is 42.8 Å². The summed E-state index contributed by atoms with van der Waals surface area (Å²) in [7, 11) is 0. The molecule has 1 aliphatic rings. The van der Waals surface area contributed by atoms with Crippen LogP contribution < -0.4 is 15.4 Å². The second kappa shape index (κ2) is 7.77. The molecule has 1 atom stereocenters. The lowest BCUT2D eigenvalue weighted by Gasteiger charge is -2.15. The van der Waals surface area contributed by atoms with Crippen LogP contribution in [0, 0.1) is 5.92 Å². The number of amides is 2. The molecule has 0 aliphatic heterocycles. The number of allylic oxidation sites excluding steroid dienone is 1. The number of rotatable bonds is 8. The van der Waals surface area contributed by atoms with E-state index in [0.717, 1.165) is 6.07 Å². The number of nitrogens with one attached hydrogen (secondary N) is 2. The fourth-order valence-corrected chi connectivity index (χ4v) is 2.09. The van der Waals surface area contributed by atoms with Gasteiger partial charge in [-0.25, -0.2) is 8.78 Å². The molecule has 2 N–H and O–H groups in total. The molecule has 27 heavy (non-hydrogen) atoms. The third-order valence-corrected chi connectivity index (χ3v) is 3.67. The van der Waals surface area contributed by atoms with Crippen molar-refractivity contribution in [1.82, 2.24) is 10.6 Å². The molecular weight excluding hydrogens is 375 g/mol. The van der Waals surface area contributed by atoms with Gasteiger partial charge in [-0.2, -0.15) is 13.2 Å². The van der Waals surface area contributed by atoms with Crippen LogP contribution >= 0.6 is 0 Å². The van der Waals surface area contributed by atoms with Gasteiger partial charge in [0, 0.05) is 18.3 Å². The zero-order valence-corrected chi connectivity index (χ0v) is 13.8. The lowest BCUT2D eigenvalue weighted by molar-refractivity contribution is -0.137. The third-order valence-electron chi connectivity index (χ3n) is 3.67. The van der Waals surface area contributed by atoms with Crippen LogP contribution in [0.25, 0.3) is 0 Å². The summed E-state index contributed by atoms with van der Waals surface area (Å²) in [6.45, 7) is 2.97. The zero-order chi connectivity index (χ0) is 20.2. The number of alkyl halides is 5. The summed E-state index contributed by atoms with van der Waals surface area (Å²) >= 11 is 0. The molecule has 0 saturated heterocycles. The fraction of sp³-hybridized carbons (Fsp3) is 0.294. The van der Waals surface area contributed by atoms with E-state index in [9.17, 15) is 31.5 Å². The largest absolute Gasteiger partial charge is 0.492 e. The molecule has 0 aromatic heterocycles. The van der Waals surface area contributed by atoms with Gasteiger partial charge >= 0.3 is 6.18 Å². The molecule has 1 aromatic rings. The minimum Gasteiger partial charge on any atom is -0.492 e. The maximum absolute atomic E-state index is 13.0. The molecule has 10 heteroatoms. The van der Waals surface area contributed by atoms with Crippen LogP contribution in [0.1, 0.15) is 22.3 Å². The molecular formula is C17H15F5N2O3. The number of ether oxygens (including phenoxy) is 1. The third kappa shape index (κ3) is 5.53. The van der Waals surface area contributed by atoms with E-state index in [2.05, 4.69) is 17.2 Å². The molecule has 0 spiro atoms. The van der Waals surface area contributed by atoms with Crippen molar-refractivity contribution < 1.29 is 36.3 Å². The normalized spacial score (nSPS) is 18.0. The summed E-state index contributed by atoms with van der Waals surface area (Å²) in [5, 5.41) is 4.47. The first-order valence-corrected chi connectivity index (χ1v) is 7.63. The Morgan fingerprint density at radius 1 is 1.37 bits per heavy atom. The number of hydrogen-bond acceptors (Lipinski definition) is 3. The van der Waals surface area contributed by atoms with Crippen LogP contribution in [-0.4, -0.2) is 24.8 Å². The first-order valence-electron chi connectivity index (χ1n) is 7.63. The average molecular weight is 390 g/mol. The lowest BCUT2D eigenvalue weighted by atomic mass is 10.1. The molecule has 1 unspecified atom stereocenters. The molecule has 0 heterocycles. The van der Waals surface area contributed by atoms with E-state index in [-0.39, 0.29) is 11.3 Å². The van der Waals surface area contributed by atoms with Crippen LogP contribution in [0.2, 0.25) is 0 Å². The standard InChI is InChI=1S/C17H15F5N2O3/c1-10(4-5-23-9-25)24-15(26)13-3-2-11(17(20,21)22)6-14(13)27-8-12-7-16(12,18)19/h2-6,9,12H,1,7-8H2,(H,23,25)(H,24,26)/b5-4-. The topological polar surface area (TPSA) is 67.4 Å². The second-order valence-electron chi connectivity index (χ2n) is 5.78. The van der Waals surface area contributed by atoms with Gasteiger partial charge in [0.1, 0.15) is 5.75 Å². The number of hydrogen-bond donors (Lipinski definition) is 2. The summed E-state index contributed by atoms with van der Waals surface area (Å²) in [5.74, 6) is -5.32. The van der Waals surface area contributed by atoms with E-state index in [1.807, 2.05) is 0 Å². The SMILES string of the molecule is C=C(/C=C\NC=O)NC(=O)c1ccc(C(F)(F)F)cc1OCC1CC1(F)F. The Hall–Kier alpha value is -2.91. The van der Waals surface area contributed by atoms with E-state index in [4.69, 9.17) is 4.74 Å². The first-order chi connectivity index (χ1) is 12.5. The van der Waals surface area contributed by atoms with Crippen LogP contribution in [0.3, 0.4) is 0 Å². The smallest absolute Gasteiger partial charge is 0.416 e. The van der Waals surface area contributed by atoms with E-state index in [1.54, 1.807) is 0 Å². The molecule has 1 aromatic carbocycles. The van der Waals surface area contributed by atoms with Gasteiger partial charge in [0.25, 0.3) is 11.8 Å². The fourth-order valence-electron chi connectivity index (χ4n) is 2.09. The van der Waals surface area contributed by atoms with Crippen molar-refractivity contribution >= 4 is 12.3 Å². The van der Waals surface area contributed by atoms with Gasteiger partial charge in [-0.1, -0.05) is 6.58 Å². The minimum absolute atomic E-state index is 0.0360. The molecule has 1 aliphatic carbocycles. The number of benzene rings is 1. The summed E-state index contributed by atoms with van der Waals surface area (Å²) in [5.41, 5.74) is -1.32. The second-order valence-corrected chi connectivity index (χ2v) is 5.78. The van der Waals surface area contributed by atoms with Gasteiger partial charge < -0.3 is 15.4 Å². The highest BCUT2D eigenvalue weighted by atomic mass is 19.4. The predicted octanol–water partition coefficient (Wildman–Crippen LogP) is 3.24. The molecule has 5 nitrogen and oxygen atoms in total. The Kier molecular flexibility index (Phi) is 5.87. The number of carbonyl (C=O) groups excluding carboxylic acids is 2. The van der Waals surface area contributed by atoms with Gasteiger partial charge in [-0.15, -0.1) is 0 Å². The van der Waals surface area contributed by atoms with Gasteiger partial charge in [0.05, 0.1) is 23.7 Å². The molecule has 0 radical (unpaired) electrons. The first kappa shape index (κ1) is 20.4. The molecule has 1 fully saturated rings. The van der Waals surface area contributed by atoms with Crippen molar-refractivity contribution in [2.45, 2.75) is 18.5 Å². The molecule has 2 rings (SSSR count). The lowest BCUT2D eigenvalue weighted by Crippen LogP contribution is -2.23. The van der Waals surface area contributed by atoms with Gasteiger partial charge in [-0.3, -0.25) is 9.59 Å². The Balaban J connectivity index is 2.18. The molecule has 146 valence electrons. The van der Waals surface area contributed by atoms with Crippen molar-refractivity contribution in [2.75, 3.05) is 6.61 Å². The highest BCUT2D eigenvalue weighted by molar-refractivity contribution is 5.98. The van der Waals surface area contributed by atoms with Crippen molar-refractivity contribution in [3.8, 4) is 5.75 Å². The Morgan fingerprint density at radius 3 is 2.59 bits per heavy atom. The minimum atomic E-state index is -4.69. The summed E-state index contributed by atoms with van der Waals surface area (Å²) in [6, 6.07) is 2.15. The summed E-state index contributed by atoms with van der Waals surface area (Å²) < 4.78 is 69.7. The van der Waals surface area contributed by atoms with E-state index in [0.29, 0.717) is 18.5 Å². The van der Waals surface area contributed by atoms with Crippen molar-refractivity contribution in [3.05, 3.63) is 53.9 Å². The van der Waals surface area contributed by atoms with E-state index >= 15 is 0 Å². The predicted molar refractivity (Wildman–Crippen MR) is 84.9 cm³/mol. The summed E-state index contributed by atoms with van der Waals surface area (Å²) in [4.78, 5) is 22.4. The monoisotopic (exact) mass is 390 g/mol. The van der Waals surface area contributed by atoms with Gasteiger partial charge in [0.15, 0.2) is 0 Å². The van der Waals surface area contributed by atoms with Crippen molar-refractivity contribution in [2.24, 2.45) is 5.92 Å². The van der Waals surface area contributed by atoms with Gasteiger partial charge in [0.2, 0.25) is 6.41 Å². The number of carbonyl (C=O) groups is 2. The Bertz CT molecular complexity index is 774. The van der Waals surface area contributed by atoms with Crippen LogP contribution in [0.4, 0.5) is 22.0 Å². The quantitative estimate of drug-likeness (QED) is 0.407. The molecule has 2 amide bonds. The molecule has 0 bridgehead atoms. The highest BCUT2D eigenvalue weighted by Gasteiger charge is 2.57. The number of halogens is 5. The summed E-state index contributed by atoms with van der Waals surface area (Å²) in [6.07, 6.45) is -2.32. The average Bonchev–Trinajstić information content (AvgIpc) is 3.19. The van der Waals surface area contributed by atoms with E-state index in [1.165, 1.54) is 12.3 Å². The van der Waals surface area contributed by atoms with Crippen LogP contribution in [-0.2, 0) is 11.0 Å². The Morgan fingerprint density at radius 2 is 2.04 bits per heavy atom. The van der Waals surface area contributed by atoms with Crippen LogP contribution in [0.5, 0.6) is 5.75 Å². The van der Waals surface area contributed by atoms with Crippen molar-refractivity contribution in [1.29, 1.82) is 0 Å². The maximum Gasteiger partial charge on any atom is 0.416 e. The van der Waals surface area contributed by atoms with Crippen molar-refractivity contribution in [3.63, 3.8) is 0 Å².